The molecule has 1 amide bonds. The minimum atomic E-state index is 0.0607. The van der Waals surface area contributed by atoms with Crippen LogP contribution in [0.3, 0.4) is 0 Å². The van der Waals surface area contributed by atoms with E-state index in [4.69, 9.17) is 4.74 Å². The Morgan fingerprint density at radius 1 is 1.11 bits per heavy atom. The van der Waals surface area contributed by atoms with Gasteiger partial charge in [0.15, 0.2) is 5.65 Å². The van der Waals surface area contributed by atoms with Crippen molar-refractivity contribution in [3.05, 3.63) is 53.9 Å². The molecule has 27 heavy (non-hydrogen) atoms. The Hall–Kier alpha value is -3.09. The molecule has 0 N–H and O–H groups in total. The van der Waals surface area contributed by atoms with Crippen molar-refractivity contribution in [3.8, 4) is 5.75 Å². The first-order chi connectivity index (χ1) is 13.2. The zero-order valence-electron chi connectivity index (χ0n) is 15.6. The first-order valence-electron chi connectivity index (χ1n) is 9.21. The summed E-state index contributed by atoms with van der Waals surface area (Å²) in [5, 5.41) is 4.41. The van der Waals surface area contributed by atoms with Crippen LogP contribution in [0.25, 0.3) is 5.65 Å². The second kappa shape index (κ2) is 7.26. The maximum Gasteiger partial charge on any atom is 0.253 e. The number of carbonyl (C=O) groups excluding carboxylic acids is 1. The molecule has 0 spiro atoms. The lowest BCUT2D eigenvalue weighted by Gasteiger charge is -2.36. The summed E-state index contributed by atoms with van der Waals surface area (Å²) < 4.78 is 7.03. The molecule has 0 unspecified atom stereocenters. The smallest absolute Gasteiger partial charge is 0.253 e. The summed E-state index contributed by atoms with van der Waals surface area (Å²) in [5.41, 5.74) is 2.60. The molecule has 3 aromatic rings. The SMILES string of the molecule is CCc1cc(N2CCN(C(=O)c3ccc(OC)cc3)CC2)n2nccc2n1. The van der Waals surface area contributed by atoms with Gasteiger partial charge in [0, 0.05) is 49.6 Å². The summed E-state index contributed by atoms with van der Waals surface area (Å²) in [5.74, 6) is 1.85. The number of hydrogen-bond acceptors (Lipinski definition) is 5. The molecule has 0 saturated carbocycles. The van der Waals surface area contributed by atoms with E-state index in [1.165, 1.54) is 0 Å². The maximum absolute atomic E-state index is 12.8. The van der Waals surface area contributed by atoms with E-state index in [0.29, 0.717) is 18.7 Å². The highest BCUT2D eigenvalue weighted by Gasteiger charge is 2.24. The lowest BCUT2D eigenvalue weighted by atomic mass is 10.1. The van der Waals surface area contributed by atoms with Gasteiger partial charge in [-0.25, -0.2) is 4.98 Å². The second-order valence-electron chi connectivity index (χ2n) is 6.57. The van der Waals surface area contributed by atoms with Crippen molar-refractivity contribution in [1.29, 1.82) is 0 Å². The van der Waals surface area contributed by atoms with Crippen LogP contribution in [0, 0.1) is 0 Å². The number of carbonyl (C=O) groups is 1. The molecule has 0 bridgehead atoms. The number of benzene rings is 1. The molecular weight excluding hydrogens is 342 g/mol. The standard InChI is InChI=1S/C20H23N5O2/c1-3-16-14-19(25-18(22-16)8-9-21-25)23-10-12-24(13-11-23)20(26)15-4-6-17(27-2)7-5-15/h4-9,14H,3,10-13H2,1-2H3. The van der Waals surface area contributed by atoms with Crippen LogP contribution in [0.2, 0.25) is 0 Å². The molecule has 1 aliphatic heterocycles. The van der Waals surface area contributed by atoms with Crippen molar-refractivity contribution in [2.24, 2.45) is 0 Å². The molecule has 1 aliphatic rings. The topological polar surface area (TPSA) is 63.0 Å². The van der Waals surface area contributed by atoms with Gasteiger partial charge in [0.2, 0.25) is 0 Å². The van der Waals surface area contributed by atoms with E-state index in [-0.39, 0.29) is 5.91 Å². The number of aryl methyl sites for hydroxylation is 1. The molecule has 1 aromatic carbocycles. The van der Waals surface area contributed by atoms with Crippen LogP contribution in [0.1, 0.15) is 23.0 Å². The number of methoxy groups -OCH3 is 1. The predicted molar refractivity (Wildman–Crippen MR) is 103 cm³/mol. The number of aromatic nitrogens is 3. The van der Waals surface area contributed by atoms with Crippen molar-refractivity contribution in [2.75, 3.05) is 38.2 Å². The van der Waals surface area contributed by atoms with Gasteiger partial charge in [0.1, 0.15) is 11.6 Å². The monoisotopic (exact) mass is 365 g/mol. The number of piperazine rings is 1. The van der Waals surface area contributed by atoms with Crippen LogP contribution in [-0.2, 0) is 6.42 Å². The average molecular weight is 365 g/mol. The molecule has 0 aliphatic carbocycles. The highest BCUT2D eigenvalue weighted by molar-refractivity contribution is 5.94. The van der Waals surface area contributed by atoms with E-state index in [1.807, 2.05) is 39.7 Å². The number of fused-ring (bicyclic) bond motifs is 1. The molecule has 140 valence electrons. The summed E-state index contributed by atoms with van der Waals surface area (Å²) in [7, 11) is 1.62. The van der Waals surface area contributed by atoms with Crippen molar-refractivity contribution in [3.63, 3.8) is 0 Å². The van der Waals surface area contributed by atoms with Crippen LogP contribution < -0.4 is 9.64 Å². The fourth-order valence-corrected chi connectivity index (χ4v) is 3.41. The second-order valence-corrected chi connectivity index (χ2v) is 6.57. The maximum atomic E-state index is 12.8. The number of nitrogens with zero attached hydrogens (tertiary/aromatic N) is 5. The molecule has 3 heterocycles. The molecule has 7 heteroatoms. The lowest BCUT2D eigenvalue weighted by Crippen LogP contribution is -2.49. The first kappa shape index (κ1) is 17.3. The summed E-state index contributed by atoms with van der Waals surface area (Å²) in [4.78, 5) is 21.5. The van der Waals surface area contributed by atoms with Gasteiger partial charge in [-0.2, -0.15) is 9.61 Å². The quantitative estimate of drug-likeness (QED) is 0.710. The third-order valence-electron chi connectivity index (χ3n) is 4.98. The lowest BCUT2D eigenvalue weighted by molar-refractivity contribution is 0.0746. The van der Waals surface area contributed by atoms with Gasteiger partial charge in [-0.15, -0.1) is 0 Å². The van der Waals surface area contributed by atoms with Gasteiger partial charge < -0.3 is 14.5 Å². The van der Waals surface area contributed by atoms with E-state index in [0.717, 1.165) is 42.4 Å². The summed E-state index contributed by atoms with van der Waals surface area (Å²) in [6, 6.07) is 11.3. The van der Waals surface area contributed by atoms with Gasteiger partial charge in [0.05, 0.1) is 13.3 Å². The number of ether oxygens (including phenoxy) is 1. The van der Waals surface area contributed by atoms with Gasteiger partial charge >= 0.3 is 0 Å². The molecule has 1 saturated heterocycles. The van der Waals surface area contributed by atoms with Gasteiger partial charge in [-0.3, -0.25) is 4.79 Å². The number of amides is 1. The Morgan fingerprint density at radius 3 is 2.52 bits per heavy atom. The molecule has 0 atom stereocenters. The molecule has 7 nitrogen and oxygen atoms in total. The van der Waals surface area contributed by atoms with Crippen LogP contribution >= 0.6 is 0 Å². The van der Waals surface area contributed by atoms with E-state index < -0.39 is 0 Å². The molecule has 0 radical (unpaired) electrons. The van der Waals surface area contributed by atoms with E-state index in [9.17, 15) is 4.79 Å². The number of anilines is 1. The van der Waals surface area contributed by atoms with E-state index >= 15 is 0 Å². The van der Waals surface area contributed by atoms with Crippen LogP contribution in [0.4, 0.5) is 5.82 Å². The van der Waals surface area contributed by atoms with Crippen LogP contribution in [-0.4, -0.2) is 58.7 Å². The number of rotatable bonds is 4. The summed E-state index contributed by atoms with van der Waals surface area (Å²) in [6.45, 7) is 4.99. The van der Waals surface area contributed by atoms with E-state index in [1.54, 1.807) is 13.3 Å². The van der Waals surface area contributed by atoms with Gasteiger partial charge in [0.25, 0.3) is 5.91 Å². The van der Waals surface area contributed by atoms with Crippen molar-refractivity contribution >= 4 is 17.4 Å². The Bertz CT molecular complexity index is 943. The van der Waals surface area contributed by atoms with E-state index in [2.05, 4.69) is 28.0 Å². The number of hydrogen-bond donors (Lipinski definition) is 0. The Labute approximate surface area is 158 Å². The summed E-state index contributed by atoms with van der Waals surface area (Å²) >= 11 is 0. The molecule has 4 rings (SSSR count). The van der Waals surface area contributed by atoms with Gasteiger partial charge in [-0.05, 0) is 30.7 Å². The largest absolute Gasteiger partial charge is 0.497 e. The van der Waals surface area contributed by atoms with Crippen molar-refractivity contribution < 1.29 is 9.53 Å². The van der Waals surface area contributed by atoms with Crippen molar-refractivity contribution in [2.45, 2.75) is 13.3 Å². The Balaban J connectivity index is 1.49. The van der Waals surface area contributed by atoms with Crippen LogP contribution in [0.5, 0.6) is 5.75 Å². The fourth-order valence-electron chi connectivity index (χ4n) is 3.41. The zero-order chi connectivity index (χ0) is 18.8. The first-order valence-corrected chi connectivity index (χ1v) is 9.21. The summed E-state index contributed by atoms with van der Waals surface area (Å²) in [6.07, 6.45) is 2.65. The Morgan fingerprint density at radius 2 is 1.85 bits per heavy atom. The normalized spacial score (nSPS) is 14.6. The molecule has 1 fully saturated rings. The highest BCUT2D eigenvalue weighted by Crippen LogP contribution is 2.20. The highest BCUT2D eigenvalue weighted by atomic mass is 16.5. The predicted octanol–water partition coefficient (Wildman–Crippen LogP) is 2.26. The zero-order valence-corrected chi connectivity index (χ0v) is 15.6. The minimum Gasteiger partial charge on any atom is -0.497 e. The molecular formula is C20H23N5O2. The fraction of sp³-hybridized carbons (Fsp3) is 0.350. The minimum absolute atomic E-state index is 0.0607. The van der Waals surface area contributed by atoms with Gasteiger partial charge in [-0.1, -0.05) is 6.92 Å². The Kier molecular flexibility index (Phi) is 4.66. The molecule has 2 aromatic heterocycles. The third kappa shape index (κ3) is 3.32. The average Bonchev–Trinajstić information content (AvgIpc) is 3.21. The van der Waals surface area contributed by atoms with Crippen molar-refractivity contribution in [1.82, 2.24) is 19.5 Å². The third-order valence-corrected chi connectivity index (χ3v) is 4.98. The van der Waals surface area contributed by atoms with Crippen LogP contribution in [0.15, 0.2) is 42.6 Å².